The highest BCUT2D eigenvalue weighted by Gasteiger charge is 2.36. The Balaban J connectivity index is 1.82. The highest BCUT2D eigenvalue weighted by Crippen LogP contribution is 2.30. The fourth-order valence-electron chi connectivity index (χ4n) is 3.64. The van der Waals surface area contributed by atoms with E-state index in [1.807, 2.05) is 25.1 Å². The van der Waals surface area contributed by atoms with Crippen molar-refractivity contribution in [2.24, 2.45) is 0 Å². The summed E-state index contributed by atoms with van der Waals surface area (Å²) >= 11 is 6.01. The topological polar surface area (TPSA) is 87.9 Å². The Morgan fingerprint density at radius 1 is 1.14 bits per heavy atom. The van der Waals surface area contributed by atoms with Crippen LogP contribution < -0.4 is 10.1 Å². The van der Waals surface area contributed by atoms with Crippen molar-refractivity contribution in [3.63, 3.8) is 0 Å². The Hall–Kier alpha value is -3.64. The van der Waals surface area contributed by atoms with Crippen LogP contribution in [0.5, 0.6) is 5.88 Å². The van der Waals surface area contributed by atoms with Crippen LogP contribution in [0.3, 0.4) is 0 Å². The second-order valence-corrected chi connectivity index (χ2v) is 9.22. The fraction of sp³-hybridized carbons (Fsp3) is 0.308. The van der Waals surface area contributed by atoms with Crippen LogP contribution in [0.25, 0.3) is 0 Å². The molecule has 0 radical (unpaired) electrons. The molecule has 0 saturated heterocycles. The molecule has 36 heavy (non-hydrogen) atoms. The molecule has 2 unspecified atom stereocenters. The number of carbonyl (C=O) groups is 1. The van der Waals surface area contributed by atoms with Crippen LogP contribution in [0.2, 0.25) is 5.02 Å². The monoisotopic (exact) mass is 516 g/mol. The number of rotatable bonds is 8. The number of nitrogens with zero attached hydrogens (tertiary/aromatic N) is 3. The van der Waals surface area contributed by atoms with Gasteiger partial charge in [0.05, 0.1) is 11.6 Å². The molecule has 0 bridgehead atoms. The van der Waals surface area contributed by atoms with Crippen LogP contribution in [0.1, 0.15) is 49.1 Å². The van der Waals surface area contributed by atoms with Gasteiger partial charge in [0.15, 0.2) is 11.3 Å². The van der Waals surface area contributed by atoms with Crippen molar-refractivity contribution < 1.29 is 22.7 Å². The van der Waals surface area contributed by atoms with Crippen molar-refractivity contribution in [2.45, 2.75) is 50.9 Å². The number of alkyl halides is 3. The maximum Gasteiger partial charge on any atom is 0.433 e. The van der Waals surface area contributed by atoms with Gasteiger partial charge in [0.2, 0.25) is 5.88 Å². The maximum atomic E-state index is 13.1. The average molecular weight is 517 g/mol. The fourth-order valence-corrected chi connectivity index (χ4v) is 3.76. The van der Waals surface area contributed by atoms with E-state index in [0.29, 0.717) is 23.1 Å². The summed E-state index contributed by atoms with van der Waals surface area (Å²) in [6.45, 7) is 4.70. The highest BCUT2D eigenvalue weighted by atomic mass is 35.5. The molecule has 0 aliphatic heterocycles. The predicted molar refractivity (Wildman–Crippen MR) is 128 cm³/mol. The molecule has 3 aromatic rings. The molecule has 1 heterocycles. The summed E-state index contributed by atoms with van der Waals surface area (Å²) in [6, 6.07) is 16.8. The Labute approximate surface area is 212 Å². The number of nitriles is 1. The first kappa shape index (κ1) is 27.0. The second-order valence-electron chi connectivity index (χ2n) is 8.79. The van der Waals surface area contributed by atoms with Gasteiger partial charge in [-0.3, -0.25) is 4.79 Å². The van der Waals surface area contributed by atoms with Gasteiger partial charge in [-0.05, 0) is 62.6 Å². The Kier molecular flexibility index (Phi) is 8.21. The minimum Gasteiger partial charge on any atom is -0.461 e. The summed E-state index contributed by atoms with van der Waals surface area (Å²) in [7, 11) is 0. The standard InChI is InChI=1S/C26H24ClF3N4O2/c1-16(34-24(35)25(2,3)36-23-13-22(26(28,29)30)32-15-33-23)21(12-17-7-9-20(27)10-8-17)19-6-4-5-18(11-19)14-31/h4-11,13,15-16,21H,12H2,1-3H3,(H,34,35). The molecule has 188 valence electrons. The molecule has 0 aliphatic carbocycles. The first-order chi connectivity index (χ1) is 16.9. The molecule has 1 amide bonds. The summed E-state index contributed by atoms with van der Waals surface area (Å²) in [5.41, 5.74) is -0.396. The van der Waals surface area contributed by atoms with Crippen LogP contribution in [0.15, 0.2) is 60.9 Å². The van der Waals surface area contributed by atoms with Gasteiger partial charge in [0.1, 0.15) is 6.33 Å². The van der Waals surface area contributed by atoms with Gasteiger partial charge in [-0.2, -0.15) is 18.4 Å². The van der Waals surface area contributed by atoms with Crippen LogP contribution in [0, 0.1) is 11.3 Å². The van der Waals surface area contributed by atoms with Crippen molar-refractivity contribution >= 4 is 17.5 Å². The molecular weight excluding hydrogens is 493 g/mol. The Morgan fingerprint density at radius 2 is 1.83 bits per heavy atom. The number of aromatic nitrogens is 2. The maximum absolute atomic E-state index is 13.1. The van der Waals surface area contributed by atoms with E-state index in [1.54, 1.807) is 30.3 Å². The van der Waals surface area contributed by atoms with Gasteiger partial charge in [-0.1, -0.05) is 35.9 Å². The van der Waals surface area contributed by atoms with E-state index in [2.05, 4.69) is 21.4 Å². The molecular formula is C26H24ClF3N4O2. The van der Waals surface area contributed by atoms with Crippen molar-refractivity contribution in [2.75, 3.05) is 0 Å². The second kappa shape index (κ2) is 11.0. The smallest absolute Gasteiger partial charge is 0.433 e. The third kappa shape index (κ3) is 6.95. The van der Waals surface area contributed by atoms with Crippen LogP contribution >= 0.6 is 11.6 Å². The van der Waals surface area contributed by atoms with E-state index in [-0.39, 0.29) is 11.8 Å². The summed E-state index contributed by atoms with van der Waals surface area (Å²) in [4.78, 5) is 20.1. The van der Waals surface area contributed by atoms with E-state index in [0.717, 1.165) is 17.5 Å². The molecule has 2 aromatic carbocycles. The third-order valence-corrected chi connectivity index (χ3v) is 5.87. The van der Waals surface area contributed by atoms with Crippen molar-refractivity contribution in [3.8, 4) is 11.9 Å². The molecule has 1 N–H and O–H groups in total. The summed E-state index contributed by atoms with van der Waals surface area (Å²) < 4.78 is 44.5. The number of ether oxygens (including phenoxy) is 1. The molecule has 1 aromatic heterocycles. The first-order valence-electron chi connectivity index (χ1n) is 11.0. The molecule has 0 fully saturated rings. The number of hydrogen-bond donors (Lipinski definition) is 1. The number of nitrogens with one attached hydrogen (secondary N) is 1. The average Bonchev–Trinajstić information content (AvgIpc) is 2.83. The molecule has 10 heteroatoms. The van der Waals surface area contributed by atoms with Gasteiger partial charge < -0.3 is 10.1 Å². The van der Waals surface area contributed by atoms with Gasteiger partial charge in [-0.25, -0.2) is 9.97 Å². The highest BCUT2D eigenvalue weighted by molar-refractivity contribution is 6.30. The van der Waals surface area contributed by atoms with Crippen molar-refractivity contribution in [1.82, 2.24) is 15.3 Å². The molecule has 0 spiro atoms. The normalized spacial score (nSPS) is 13.4. The number of amides is 1. The lowest BCUT2D eigenvalue weighted by molar-refractivity contribution is -0.141. The summed E-state index contributed by atoms with van der Waals surface area (Å²) in [6.07, 6.45) is -3.40. The van der Waals surface area contributed by atoms with Gasteiger partial charge >= 0.3 is 6.18 Å². The zero-order valence-corrected chi connectivity index (χ0v) is 20.6. The number of hydrogen-bond acceptors (Lipinski definition) is 5. The number of halogens is 4. The Bertz CT molecular complexity index is 1260. The largest absolute Gasteiger partial charge is 0.461 e. The first-order valence-corrected chi connectivity index (χ1v) is 11.4. The third-order valence-electron chi connectivity index (χ3n) is 5.61. The lowest BCUT2D eigenvalue weighted by Gasteiger charge is -2.30. The summed E-state index contributed by atoms with van der Waals surface area (Å²) in [5.74, 6) is -1.14. The van der Waals surface area contributed by atoms with Crippen LogP contribution in [0.4, 0.5) is 13.2 Å². The molecule has 6 nitrogen and oxygen atoms in total. The predicted octanol–water partition coefficient (Wildman–Crippen LogP) is 5.71. The molecule has 0 aliphatic rings. The van der Waals surface area contributed by atoms with E-state index >= 15 is 0 Å². The van der Waals surface area contributed by atoms with Crippen LogP contribution in [-0.2, 0) is 17.4 Å². The van der Waals surface area contributed by atoms with E-state index in [1.165, 1.54) is 13.8 Å². The quantitative estimate of drug-likeness (QED) is 0.414. The van der Waals surface area contributed by atoms with Gasteiger partial charge in [-0.15, -0.1) is 0 Å². The lowest BCUT2D eigenvalue weighted by Crippen LogP contribution is -2.51. The molecule has 0 saturated carbocycles. The van der Waals surface area contributed by atoms with Crippen LogP contribution in [-0.4, -0.2) is 27.5 Å². The zero-order chi connectivity index (χ0) is 26.5. The Morgan fingerprint density at radius 3 is 2.47 bits per heavy atom. The van der Waals surface area contributed by atoms with Gasteiger partial charge in [0, 0.05) is 23.0 Å². The molecule has 3 rings (SSSR count). The lowest BCUT2D eigenvalue weighted by atomic mass is 9.85. The minimum absolute atomic E-state index is 0.227. The van der Waals surface area contributed by atoms with E-state index in [9.17, 15) is 23.2 Å². The van der Waals surface area contributed by atoms with Crippen molar-refractivity contribution in [1.29, 1.82) is 5.26 Å². The number of carbonyl (C=O) groups excluding carboxylic acids is 1. The zero-order valence-electron chi connectivity index (χ0n) is 19.8. The minimum atomic E-state index is -4.67. The summed E-state index contributed by atoms with van der Waals surface area (Å²) in [5, 5.41) is 12.8. The number of benzene rings is 2. The van der Waals surface area contributed by atoms with E-state index in [4.69, 9.17) is 16.3 Å². The van der Waals surface area contributed by atoms with Crippen molar-refractivity contribution in [3.05, 3.63) is 88.3 Å². The van der Waals surface area contributed by atoms with E-state index < -0.39 is 29.4 Å². The molecule has 2 atom stereocenters. The van der Waals surface area contributed by atoms with Gasteiger partial charge in [0.25, 0.3) is 5.91 Å². The SMILES string of the molecule is CC(NC(=O)C(C)(C)Oc1cc(C(F)(F)F)ncn1)C(Cc1ccc(Cl)cc1)c1cccc(C#N)c1.